The first-order valence-corrected chi connectivity index (χ1v) is 18.9. The number of hydrogen-bond acceptors (Lipinski definition) is 6. The topological polar surface area (TPSA) is 86.7 Å². The highest BCUT2D eigenvalue weighted by Gasteiger charge is 2.50. The number of halogens is 6. The first-order chi connectivity index (χ1) is 23.0. The predicted molar refractivity (Wildman–Crippen MR) is 176 cm³/mol. The summed E-state index contributed by atoms with van der Waals surface area (Å²) in [5.41, 5.74) is -8.20. The van der Waals surface area contributed by atoms with E-state index in [0.29, 0.717) is 34.4 Å². The number of alkyl halides is 6. The van der Waals surface area contributed by atoms with Crippen molar-refractivity contribution in [3.05, 3.63) is 71.8 Å². The van der Waals surface area contributed by atoms with E-state index >= 15 is 0 Å². The van der Waals surface area contributed by atoms with Gasteiger partial charge in [-0.25, -0.2) is 0 Å². The smallest absolute Gasteiger partial charge is 0.376 e. The average molecular weight is 731 g/mol. The molecule has 0 atom stereocenters. The van der Waals surface area contributed by atoms with E-state index in [4.69, 9.17) is 0 Å². The molecule has 0 amide bonds. The summed E-state index contributed by atoms with van der Waals surface area (Å²) in [6.45, 7) is 4.19. The van der Waals surface area contributed by atoms with Crippen molar-refractivity contribution in [2.24, 2.45) is 0 Å². The molecule has 5 rings (SSSR count). The van der Waals surface area contributed by atoms with Crippen molar-refractivity contribution in [3.63, 3.8) is 0 Å². The largest absolute Gasteiger partial charge is 0.534 e. The summed E-state index contributed by atoms with van der Waals surface area (Å²) >= 11 is 0. The van der Waals surface area contributed by atoms with Crippen molar-refractivity contribution < 1.29 is 51.5 Å². The van der Waals surface area contributed by atoms with Crippen molar-refractivity contribution in [2.75, 3.05) is 0 Å². The minimum atomic E-state index is -5.89. The Morgan fingerprint density at radius 2 is 0.939 bits per heavy atom. The maximum absolute atomic E-state index is 13.1. The summed E-state index contributed by atoms with van der Waals surface area (Å²) < 4.78 is 135. The molecule has 0 aliphatic heterocycles. The molecule has 0 saturated heterocycles. The van der Waals surface area contributed by atoms with Crippen LogP contribution in [0.3, 0.4) is 0 Å². The fourth-order valence-electron chi connectivity index (χ4n) is 7.00. The first kappa shape index (κ1) is 36.8. The minimum Gasteiger partial charge on any atom is -0.376 e. The lowest BCUT2D eigenvalue weighted by Gasteiger charge is -2.34. The fraction of sp³-hybridized carbons (Fsp3) is 0.429. The molecule has 49 heavy (non-hydrogen) atoms. The molecule has 0 radical (unpaired) electrons. The van der Waals surface area contributed by atoms with E-state index in [1.54, 1.807) is 24.3 Å². The quantitative estimate of drug-likeness (QED) is 0.0556. The Labute approximate surface area is 281 Å². The van der Waals surface area contributed by atoms with E-state index in [1.165, 1.54) is 24.3 Å². The third-order valence-corrected chi connectivity index (χ3v) is 11.1. The van der Waals surface area contributed by atoms with Gasteiger partial charge in [-0.05, 0) is 80.9 Å². The van der Waals surface area contributed by atoms with Gasteiger partial charge in [0.15, 0.2) is 0 Å². The van der Waals surface area contributed by atoms with Crippen molar-refractivity contribution in [1.29, 1.82) is 0 Å². The Morgan fingerprint density at radius 1 is 0.551 bits per heavy atom. The lowest BCUT2D eigenvalue weighted by atomic mass is 9.68. The van der Waals surface area contributed by atoms with Gasteiger partial charge in [-0.3, -0.25) is 0 Å². The van der Waals surface area contributed by atoms with Gasteiger partial charge in [-0.15, -0.1) is 0 Å². The summed E-state index contributed by atoms with van der Waals surface area (Å²) in [4.78, 5) is 0. The monoisotopic (exact) mass is 730 g/mol. The molecule has 0 fully saturated rings. The minimum absolute atomic E-state index is 0.477. The van der Waals surface area contributed by atoms with Gasteiger partial charge in [0, 0.05) is 5.41 Å². The zero-order valence-electron chi connectivity index (χ0n) is 26.9. The molecule has 0 spiro atoms. The number of fused-ring (bicyclic) bond motifs is 7. The third kappa shape index (κ3) is 7.08. The molecule has 0 heterocycles. The summed E-state index contributed by atoms with van der Waals surface area (Å²) in [6.07, 6.45) is 8.93. The van der Waals surface area contributed by atoms with E-state index in [1.807, 2.05) is 12.1 Å². The first-order valence-electron chi connectivity index (χ1n) is 16.1. The van der Waals surface area contributed by atoms with Crippen molar-refractivity contribution in [1.82, 2.24) is 0 Å². The summed E-state index contributed by atoms with van der Waals surface area (Å²) in [5.74, 6) is -0.966. The van der Waals surface area contributed by atoms with E-state index in [2.05, 4.69) is 22.2 Å². The fourth-order valence-corrected chi connectivity index (χ4v) is 7.91. The van der Waals surface area contributed by atoms with Crippen LogP contribution in [0.25, 0.3) is 32.7 Å². The van der Waals surface area contributed by atoms with E-state index in [0.717, 1.165) is 73.6 Å². The molecular formula is C35H36F6O6S2. The molecule has 4 aromatic carbocycles. The summed E-state index contributed by atoms with van der Waals surface area (Å²) in [6, 6.07) is 15.2. The second-order valence-corrected chi connectivity index (χ2v) is 15.5. The zero-order valence-corrected chi connectivity index (χ0v) is 28.5. The van der Waals surface area contributed by atoms with Crippen LogP contribution in [0.1, 0.15) is 89.2 Å². The Kier molecular flexibility index (Phi) is 10.2. The summed E-state index contributed by atoms with van der Waals surface area (Å²) in [5, 5.41) is 2.37. The molecule has 14 heteroatoms. The Morgan fingerprint density at radius 3 is 1.29 bits per heavy atom. The van der Waals surface area contributed by atoms with Gasteiger partial charge >= 0.3 is 31.3 Å². The SMILES string of the molecule is CCCCCCC1(CCCCCC)c2c(ccc3cc(OS(=O)(=O)C(F)(F)F)ccc23)-c2ccc3cc(OS(=O)(=O)C(F)(F)F)ccc3c21. The molecular weight excluding hydrogens is 695 g/mol. The molecule has 0 aromatic heterocycles. The van der Waals surface area contributed by atoms with Crippen LogP contribution in [0.15, 0.2) is 60.7 Å². The van der Waals surface area contributed by atoms with Crippen LogP contribution in [0.4, 0.5) is 26.3 Å². The van der Waals surface area contributed by atoms with E-state index < -0.39 is 48.2 Å². The number of hydrogen-bond donors (Lipinski definition) is 0. The third-order valence-electron chi connectivity index (χ3n) is 9.12. The highest BCUT2D eigenvalue weighted by Crippen LogP contribution is 2.58. The second kappa shape index (κ2) is 13.7. The van der Waals surface area contributed by atoms with Gasteiger partial charge in [0.1, 0.15) is 11.5 Å². The molecule has 0 bridgehead atoms. The van der Waals surface area contributed by atoms with Crippen LogP contribution in [0.2, 0.25) is 0 Å². The molecule has 4 aromatic rings. The molecule has 0 unspecified atom stereocenters. The van der Waals surface area contributed by atoms with Gasteiger partial charge in [-0.1, -0.05) is 102 Å². The summed E-state index contributed by atoms with van der Waals surface area (Å²) in [7, 11) is -11.8. The van der Waals surface area contributed by atoms with Gasteiger partial charge in [0.05, 0.1) is 0 Å². The Balaban J connectivity index is 1.72. The van der Waals surface area contributed by atoms with Crippen molar-refractivity contribution in [3.8, 4) is 22.6 Å². The number of benzene rings is 4. The average Bonchev–Trinajstić information content (AvgIpc) is 3.30. The number of unbranched alkanes of at least 4 members (excludes halogenated alkanes) is 6. The van der Waals surface area contributed by atoms with E-state index in [-0.39, 0.29) is 0 Å². The van der Waals surface area contributed by atoms with Crippen LogP contribution < -0.4 is 8.37 Å². The highest BCUT2D eigenvalue weighted by molar-refractivity contribution is 7.88. The molecule has 6 nitrogen and oxygen atoms in total. The lowest BCUT2D eigenvalue weighted by Crippen LogP contribution is -2.28. The normalized spacial score (nSPS) is 14.6. The van der Waals surface area contributed by atoms with Gasteiger partial charge < -0.3 is 8.37 Å². The van der Waals surface area contributed by atoms with Gasteiger partial charge in [0.2, 0.25) is 0 Å². The Hall–Kier alpha value is -3.52. The van der Waals surface area contributed by atoms with Gasteiger partial charge in [-0.2, -0.15) is 43.2 Å². The zero-order chi connectivity index (χ0) is 35.8. The van der Waals surface area contributed by atoms with Crippen LogP contribution in [-0.4, -0.2) is 27.9 Å². The van der Waals surface area contributed by atoms with Crippen LogP contribution in [0, 0.1) is 0 Å². The maximum Gasteiger partial charge on any atom is 0.534 e. The van der Waals surface area contributed by atoms with Gasteiger partial charge in [0.25, 0.3) is 0 Å². The van der Waals surface area contributed by atoms with Crippen LogP contribution in [-0.2, 0) is 25.7 Å². The second-order valence-electron chi connectivity index (χ2n) is 12.4. The predicted octanol–water partition coefficient (Wildman–Crippen LogP) is 10.7. The molecule has 0 saturated carbocycles. The molecule has 266 valence electrons. The molecule has 1 aliphatic rings. The maximum atomic E-state index is 13.1. The highest BCUT2D eigenvalue weighted by atomic mass is 32.2. The molecule has 0 N–H and O–H groups in total. The molecule has 1 aliphatic carbocycles. The van der Waals surface area contributed by atoms with Crippen LogP contribution >= 0.6 is 0 Å². The number of rotatable bonds is 14. The van der Waals surface area contributed by atoms with E-state index in [9.17, 15) is 43.2 Å². The standard InChI is InChI=1S/C35H36F6O6S2/c1-3-5-7-9-19-33(20-10-8-6-4-2)31-27-17-13-25(46-48(42,43)34(36,37)38)21-23(27)11-15-29(31)30-16-12-24-22-26(14-18-28(24)32(30)33)47-49(44,45)35(39,40)41/h11-18,21-22H,3-10,19-20H2,1-2H3. The van der Waals surface area contributed by atoms with Crippen molar-refractivity contribution >= 4 is 41.8 Å². The van der Waals surface area contributed by atoms with Crippen LogP contribution in [0.5, 0.6) is 11.5 Å². The Bertz CT molecular complexity index is 1920. The van der Waals surface area contributed by atoms with Crippen molar-refractivity contribution in [2.45, 2.75) is 94.5 Å². The lowest BCUT2D eigenvalue weighted by molar-refractivity contribution is -0.0504.